The van der Waals surface area contributed by atoms with E-state index in [1.165, 1.54) is 11.1 Å². The zero-order chi connectivity index (χ0) is 14.4. The molecule has 0 aliphatic rings. The molecule has 20 heavy (non-hydrogen) atoms. The van der Waals surface area contributed by atoms with E-state index in [-0.39, 0.29) is 0 Å². The Labute approximate surface area is 121 Å². The average Bonchev–Trinajstić information content (AvgIpc) is 2.87. The van der Waals surface area contributed by atoms with Gasteiger partial charge in [0.05, 0.1) is 18.4 Å². The monoisotopic (exact) mass is 272 g/mol. The molecule has 0 atom stereocenters. The molecule has 2 rings (SSSR count). The van der Waals surface area contributed by atoms with Crippen LogP contribution in [0.1, 0.15) is 37.6 Å². The standard InChI is InChI=1S/C16H24N4/c1-4-14-5-7-15(8-6-14)11-20-12-16(18-19-20)10-17-9-13(2)3/h5-8,12-13,17H,4,9-11H2,1-3H3. The maximum atomic E-state index is 4.19. The van der Waals surface area contributed by atoms with Gasteiger partial charge in [-0.25, -0.2) is 4.68 Å². The van der Waals surface area contributed by atoms with Crippen molar-refractivity contribution in [2.75, 3.05) is 6.54 Å². The number of nitrogens with zero attached hydrogens (tertiary/aromatic N) is 3. The maximum absolute atomic E-state index is 4.19. The first-order valence-electron chi connectivity index (χ1n) is 7.35. The third-order valence-corrected chi connectivity index (χ3v) is 3.22. The summed E-state index contributed by atoms with van der Waals surface area (Å²) < 4.78 is 1.90. The van der Waals surface area contributed by atoms with Crippen LogP contribution in [0.25, 0.3) is 0 Å². The van der Waals surface area contributed by atoms with E-state index in [0.29, 0.717) is 5.92 Å². The van der Waals surface area contributed by atoms with Gasteiger partial charge in [-0.15, -0.1) is 5.10 Å². The average molecular weight is 272 g/mol. The van der Waals surface area contributed by atoms with Gasteiger partial charge >= 0.3 is 0 Å². The second kappa shape index (κ2) is 7.20. The first-order valence-corrected chi connectivity index (χ1v) is 7.35. The van der Waals surface area contributed by atoms with Gasteiger partial charge in [0.25, 0.3) is 0 Å². The number of benzene rings is 1. The molecular weight excluding hydrogens is 248 g/mol. The van der Waals surface area contributed by atoms with Crippen LogP contribution < -0.4 is 5.32 Å². The van der Waals surface area contributed by atoms with Gasteiger partial charge in [-0.3, -0.25) is 0 Å². The lowest BCUT2D eigenvalue weighted by molar-refractivity contribution is 0.548. The lowest BCUT2D eigenvalue weighted by atomic mass is 10.1. The Morgan fingerprint density at radius 3 is 2.50 bits per heavy atom. The van der Waals surface area contributed by atoms with Crippen LogP contribution in [0.4, 0.5) is 0 Å². The van der Waals surface area contributed by atoms with Crippen LogP contribution in [-0.4, -0.2) is 21.5 Å². The van der Waals surface area contributed by atoms with E-state index in [1.807, 2.05) is 10.9 Å². The number of aromatic nitrogens is 3. The quantitative estimate of drug-likeness (QED) is 0.842. The minimum Gasteiger partial charge on any atom is -0.311 e. The number of rotatable bonds is 7. The van der Waals surface area contributed by atoms with E-state index < -0.39 is 0 Å². The van der Waals surface area contributed by atoms with E-state index in [4.69, 9.17) is 0 Å². The highest BCUT2D eigenvalue weighted by Crippen LogP contribution is 2.07. The highest BCUT2D eigenvalue weighted by Gasteiger charge is 2.02. The molecule has 2 aromatic rings. The zero-order valence-electron chi connectivity index (χ0n) is 12.6. The van der Waals surface area contributed by atoms with Crippen molar-refractivity contribution in [3.63, 3.8) is 0 Å². The summed E-state index contributed by atoms with van der Waals surface area (Å²) in [5.41, 5.74) is 3.62. The molecule has 0 spiro atoms. The van der Waals surface area contributed by atoms with Gasteiger partial charge in [-0.1, -0.05) is 50.3 Å². The minimum atomic E-state index is 0.655. The summed E-state index contributed by atoms with van der Waals surface area (Å²) in [6.45, 7) is 9.13. The lowest BCUT2D eigenvalue weighted by Crippen LogP contribution is -2.19. The molecule has 0 radical (unpaired) electrons. The van der Waals surface area contributed by atoms with Gasteiger partial charge < -0.3 is 5.32 Å². The first-order chi connectivity index (χ1) is 9.67. The number of hydrogen-bond acceptors (Lipinski definition) is 3. The Morgan fingerprint density at radius 2 is 1.85 bits per heavy atom. The highest BCUT2D eigenvalue weighted by atomic mass is 15.4. The number of nitrogens with one attached hydrogen (secondary N) is 1. The zero-order valence-corrected chi connectivity index (χ0v) is 12.6. The van der Waals surface area contributed by atoms with Gasteiger partial charge in [-0.2, -0.15) is 0 Å². The van der Waals surface area contributed by atoms with Crippen LogP contribution in [0.3, 0.4) is 0 Å². The van der Waals surface area contributed by atoms with E-state index in [1.54, 1.807) is 0 Å². The fourth-order valence-corrected chi connectivity index (χ4v) is 2.05. The Balaban J connectivity index is 1.88. The molecule has 0 fully saturated rings. The van der Waals surface area contributed by atoms with Crippen molar-refractivity contribution in [2.24, 2.45) is 5.92 Å². The summed E-state index contributed by atoms with van der Waals surface area (Å²) in [5.74, 6) is 0.655. The van der Waals surface area contributed by atoms with Gasteiger partial charge in [-0.05, 0) is 30.0 Å². The molecule has 0 bridgehead atoms. The summed E-state index contributed by atoms with van der Waals surface area (Å²) in [6, 6.07) is 8.68. The van der Waals surface area contributed by atoms with Crippen molar-refractivity contribution in [1.82, 2.24) is 20.3 Å². The predicted molar refractivity (Wildman–Crippen MR) is 81.5 cm³/mol. The fraction of sp³-hybridized carbons (Fsp3) is 0.500. The van der Waals surface area contributed by atoms with Crippen molar-refractivity contribution >= 4 is 0 Å². The molecule has 0 aliphatic heterocycles. The van der Waals surface area contributed by atoms with Crippen LogP contribution in [-0.2, 0) is 19.5 Å². The molecule has 108 valence electrons. The summed E-state index contributed by atoms with van der Waals surface area (Å²) in [5, 5.41) is 11.7. The molecular formula is C16H24N4. The lowest BCUT2D eigenvalue weighted by Gasteiger charge is -2.04. The van der Waals surface area contributed by atoms with Gasteiger partial charge in [0.15, 0.2) is 0 Å². The molecule has 4 nitrogen and oxygen atoms in total. The fourth-order valence-electron chi connectivity index (χ4n) is 2.05. The van der Waals surface area contributed by atoms with E-state index in [0.717, 1.165) is 31.7 Å². The molecule has 0 amide bonds. The van der Waals surface area contributed by atoms with Crippen molar-refractivity contribution in [2.45, 2.75) is 40.3 Å². The summed E-state index contributed by atoms with van der Waals surface area (Å²) in [4.78, 5) is 0. The van der Waals surface area contributed by atoms with E-state index >= 15 is 0 Å². The van der Waals surface area contributed by atoms with Crippen LogP contribution >= 0.6 is 0 Å². The molecule has 1 aromatic carbocycles. The Kier molecular flexibility index (Phi) is 5.30. The SMILES string of the molecule is CCc1ccc(Cn2cc(CNCC(C)C)nn2)cc1. The summed E-state index contributed by atoms with van der Waals surface area (Å²) in [6.07, 6.45) is 3.09. The van der Waals surface area contributed by atoms with Gasteiger partial charge in [0.2, 0.25) is 0 Å². The molecule has 0 saturated carbocycles. The third-order valence-electron chi connectivity index (χ3n) is 3.22. The second-order valence-electron chi connectivity index (χ2n) is 5.60. The third kappa shape index (κ3) is 4.46. The highest BCUT2D eigenvalue weighted by molar-refractivity contribution is 5.22. The Bertz CT molecular complexity index is 514. The first kappa shape index (κ1) is 14.7. The number of hydrogen-bond donors (Lipinski definition) is 1. The summed E-state index contributed by atoms with van der Waals surface area (Å²) >= 11 is 0. The summed E-state index contributed by atoms with van der Waals surface area (Å²) in [7, 11) is 0. The topological polar surface area (TPSA) is 42.7 Å². The van der Waals surface area contributed by atoms with Gasteiger partial charge in [0.1, 0.15) is 0 Å². The maximum Gasteiger partial charge on any atom is 0.0964 e. The molecule has 1 heterocycles. The number of aryl methyl sites for hydroxylation is 1. The molecule has 1 N–H and O–H groups in total. The van der Waals surface area contributed by atoms with Crippen LogP contribution in [0.15, 0.2) is 30.5 Å². The minimum absolute atomic E-state index is 0.655. The molecule has 0 unspecified atom stereocenters. The molecule has 0 aliphatic carbocycles. The molecule has 4 heteroatoms. The van der Waals surface area contributed by atoms with Gasteiger partial charge in [0, 0.05) is 6.54 Å². The van der Waals surface area contributed by atoms with Crippen molar-refractivity contribution in [3.8, 4) is 0 Å². The van der Waals surface area contributed by atoms with Crippen molar-refractivity contribution < 1.29 is 0 Å². The van der Waals surface area contributed by atoms with E-state index in [9.17, 15) is 0 Å². The largest absolute Gasteiger partial charge is 0.311 e. The van der Waals surface area contributed by atoms with E-state index in [2.05, 4.69) is 60.7 Å². The van der Waals surface area contributed by atoms with Crippen molar-refractivity contribution in [3.05, 3.63) is 47.3 Å². The Hall–Kier alpha value is -1.68. The second-order valence-corrected chi connectivity index (χ2v) is 5.60. The van der Waals surface area contributed by atoms with Crippen LogP contribution in [0.2, 0.25) is 0 Å². The smallest absolute Gasteiger partial charge is 0.0964 e. The molecule has 1 aromatic heterocycles. The van der Waals surface area contributed by atoms with Crippen molar-refractivity contribution in [1.29, 1.82) is 0 Å². The Morgan fingerprint density at radius 1 is 1.15 bits per heavy atom. The molecule has 0 saturated heterocycles. The van der Waals surface area contributed by atoms with Crippen LogP contribution in [0.5, 0.6) is 0 Å². The van der Waals surface area contributed by atoms with Crippen LogP contribution in [0, 0.1) is 5.92 Å². The predicted octanol–water partition coefficient (Wildman–Crippen LogP) is 2.63. The normalized spacial score (nSPS) is 11.2.